The number of piperidine rings is 1. The fourth-order valence-electron chi connectivity index (χ4n) is 2.89. The van der Waals surface area contributed by atoms with Crippen molar-refractivity contribution >= 4 is 5.91 Å². The van der Waals surface area contributed by atoms with E-state index < -0.39 is 0 Å². The molecule has 2 aromatic heterocycles. The molecule has 1 saturated heterocycles. The third-order valence-corrected chi connectivity index (χ3v) is 4.01. The van der Waals surface area contributed by atoms with Crippen molar-refractivity contribution in [3.8, 4) is 0 Å². The third-order valence-electron chi connectivity index (χ3n) is 4.01. The van der Waals surface area contributed by atoms with Crippen molar-refractivity contribution in [3.05, 3.63) is 29.6 Å². The van der Waals surface area contributed by atoms with Crippen LogP contribution in [0.4, 0.5) is 0 Å². The Labute approximate surface area is 122 Å². The number of rotatable bonds is 3. The number of nitrogens with zero attached hydrogens (tertiary/aromatic N) is 5. The second kappa shape index (κ2) is 5.67. The highest BCUT2D eigenvalue weighted by Crippen LogP contribution is 2.31. The molecule has 2 aromatic rings. The van der Waals surface area contributed by atoms with E-state index in [1.165, 1.54) is 0 Å². The van der Waals surface area contributed by atoms with Gasteiger partial charge in [0.15, 0.2) is 5.69 Å². The first-order chi connectivity index (χ1) is 10.2. The van der Waals surface area contributed by atoms with Gasteiger partial charge >= 0.3 is 0 Å². The summed E-state index contributed by atoms with van der Waals surface area (Å²) >= 11 is 0. The van der Waals surface area contributed by atoms with Gasteiger partial charge in [-0.3, -0.25) is 4.79 Å². The smallest absolute Gasteiger partial charge is 0.278 e. The van der Waals surface area contributed by atoms with Crippen LogP contribution in [0.1, 0.15) is 54.2 Å². The van der Waals surface area contributed by atoms with E-state index in [0.717, 1.165) is 31.6 Å². The monoisotopic (exact) mass is 289 g/mol. The van der Waals surface area contributed by atoms with Crippen LogP contribution < -0.4 is 0 Å². The Bertz CT molecular complexity index is 633. The molecule has 112 valence electrons. The van der Waals surface area contributed by atoms with Crippen LogP contribution in [0.15, 0.2) is 17.0 Å². The number of carbonyl (C=O) groups excluding carboxylic acids is 1. The molecule has 1 amide bonds. The quantitative estimate of drug-likeness (QED) is 0.863. The van der Waals surface area contributed by atoms with E-state index >= 15 is 0 Å². The van der Waals surface area contributed by atoms with Crippen molar-refractivity contribution < 1.29 is 9.42 Å². The number of hydrogen-bond donors (Lipinski definition) is 0. The molecule has 1 aliphatic heterocycles. The number of hydrogen-bond acceptors (Lipinski definition) is 5. The molecule has 21 heavy (non-hydrogen) atoms. The van der Waals surface area contributed by atoms with Crippen LogP contribution in [0.2, 0.25) is 0 Å². The van der Waals surface area contributed by atoms with E-state index in [4.69, 9.17) is 0 Å². The van der Waals surface area contributed by atoms with E-state index in [2.05, 4.69) is 31.4 Å². The lowest BCUT2D eigenvalue weighted by atomic mass is 10.0. The van der Waals surface area contributed by atoms with Crippen molar-refractivity contribution in [3.63, 3.8) is 0 Å². The highest BCUT2D eigenvalue weighted by molar-refractivity contribution is 5.93. The minimum atomic E-state index is -0.121. The van der Waals surface area contributed by atoms with Gasteiger partial charge in [-0.05, 0) is 38.3 Å². The van der Waals surface area contributed by atoms with Crippen molar-refractivity contribution in [2.45, 2.75) is 45.7 Å². The lowest BCUT2D eigenvalue weighted by Crippen LogP contribution is -2.40. The standard InChI is InChI=1S/C14H19N5O2/c1-3-18-9-7-15-13(18)11-6-4-5-8-19(11)14(20)12-10(2)16-21-17-12/h7,9,11H,3-6,8H2,1-2H3. The summed E-state index contributed by atoms with van der Waals surface area (Å²) in [5.74, 6) is 0.823. The van der Waals surface area contributed by atoms with Crippen molar-refractivity contribution in [2.75, 3.05) is 6.54 Å². The maximum atomic E-state index is 12.7. The van der Waals surface area contributed by atoms with Gasteiger partial charge in [-0.1, -0.05) is 5.16 Å². The van der Waals surface area contributed by atoms with Crippen LogP contribution in [-0.4, -0.2) is 37.2 Å². The van der Waals surface area contributed by atoms with Gasteiger partial charge in [0, 0.05) is 25.5 Å². The molecule has 1 unspecified atom stereocenters. The third kappa shape index (κ3) is 2.43. The van der Waals surface area contributed by atoms with Gasteiger partial charge in [-0.2, -0.15) is 0 Å². The SMILES string of the molecule is CCn1ccnc1C1CCCCN1C(=O)c1nonc1C. The molecule has 1 aliphatic rings. The Morgan fingerprint density at radius 2 is 2.29 bits per heavy atom. The normalized spacial score (nSPS) is 19.0. The predicted octanol–water partition coefficient (Wildman–Crippen LogP) is 1.96. The average molecular weight is 289 g/mol. The zero-order valence-corrected chi connectivity index (χ0v) is 12.3. The Kier molecular flexibility index (Phi) is 3.72. The van der Waals surface area contributed by atoms with Crippen LogP contribution in [0.25, 0.3) is 0 Å². The molecule has 7 nitrogen and oxygen atoms in total. The Morgan fingerprint density at radius 3 is 3.00 bits per heavy atom. The zero-order valence-electron chi connectivity index (χ0n) is 12.3. The Morgan fingerprint density at radius 1 is 1.43 bits per heavy atom. The van der Waals surface area contributed by atoms with Crippen LogP contribution in [-0.2, 0) is 6.54 Å². The van der Waals surface area contributed by atoms with Gasteiger partial charge < -0.3 is 9.47 Å². The summed E-state index contributed by atoms with van der Waals surface area (Å²) in [6, 6.07) is -0.00250. The summed E-state index contributed by atoms with van der Waals surface area (Å²) in [6.07, 6.45) is 6.77. The van der Waals surface area contributed by atoms with Crippen molar-refractivity contribution in [1.29, 1.82) is 0 Å². The highest BCUT2D eigenvalue weighted by Gasteiger charge is 2.33. The van der Waals surface area contributed by atoms with E-state index in [0.29, 0.717) is 17.9 Å². The van der Waals surface area contributed by atoms with Crippen LogP contribution in [0.5, 0.6) is 0 Å². The largest absolute Gasteiger partial charge is 0.333 e. The molecule has 0 bridgehead atoms. The van der Waals surface area contributed by atoms with E-state index in [-0.39, 0.29) is 11.9 Å². The summed E-state index contributed by atoms with van der Waals surface area (Å²) < 4.78 is 6.75. The molecule has 0 aromatic carbocycles. The van der Waals surface area contributed by atoms with Gasteiger partial charge in [0.2, 0.25) is 0 Å². The molecule has 3 heterocycles. The van der Waals surface area contributed by atoms with Gasteiger partial charge in [-0.25, -0.2) is 9.61 Å². The minimum Gasteiger partial charge on any atom is -0.333 e. The summed E-state index contributed by atoms with van der Waals surface area (Å²) in [6.45, 7) is 5.37. The second-order valence-electron chi connectivity index (χ2n) is 5.28. The number of aromatic nitrogens is 4. The average Bonchev–Trinajstić information content (AvgIpc) is 3.14. The second-order valence-corrected chi connectivity index (χ2v) is 5.28. The van der Waals surface area contributed by atoms with Crippen molar-refractivity contribution in [2.24, 2.45) is 0 Å². The number of likely N-dealkylation sites (tertiary alicyclic amines) is 1. The van der Waals surface area contributed by atoms with Crippen LogP contribution >= 0.6 is 0 Å². The summed E-state index contributed by atoms with van der Waals surface area (Å²) in [5, 5.41) is 7.44. The number of amides is 1. The highest BCUT2D eigenvalue weighted by atomic mass is 16.6. The maximum absolute atomic E-state index is 12.7. The lowest BCUT2D eigenvalue weighted by molar-refractivity contribution is 0.0583. The topological polar surface area (TPSA) is 77.0 Å². The molecular formula is C14H19N5O2. The number of imidazole rings is 1. The van der Waals surface area contributed by atoms with Crippen LogP contribution in [0.3, 0.4) is 0 Å². The van der Waals surface area contributed by atoms with Crippen molar-refractivity contribution in [1.82, 2.24) is 24.8 Å². The molecule has 3 rings (SSSR count). The van der Waals surface area contributed by atoms with E-state index in [9.17, 15) is 4.79 Å². The minimum absolute atomic E-state index is 0.00250. The summed E-state index contributed by atoms with van der Waals surface area (Å²) in [4.78, 5) is 19.0. The molecule has 7 heteroatoms. The Hall–Kier alpha value is -2.18. The molecule has 0 aliphatic carbocycles. The lowest BCUT2D eigenvalue weighted by Gasteiger charge is -2.35. The fraction of sp³-hybridized carbons (Fsp3) is 0.571. The molecule has 1 fully saturated rings. The number of aryl methyl sites for hydroxylation is 2. The zero-order chi connectivity index (χ0) is 14.8. The molecule has 0 spiro atoms. The van der Waals surface area contributed by atoms with Gasteiger partial charge in [-0.15, -0.1) is 0 Å². The van der Waals surface area contributed by atoms with E-state index in [1.54, 1.807) is 13.1 Å². The summed E-state index contributed by atoms with van der Waals surface area (Å²) in [7, 11) is 0. The van der Waals surface area contributed by atoms with Gasteiger partial charge in [0.25, 0.3) is 5.91 Å². The molecule has 1 atom stereocenters. The maximum Gasteiger partial charge on any atom is 0.278 e. The number of carbonyl (C=O) groups is 1. The van der Waals surface area contributed by atoms with Crippen LogP contribution in [0, 0.1) is 6.92 Å². The molecule has 0 N–H and O–H groups in total. The summed E-state index contributed by atoms with van der Waals surface area (Å²) in [5.41, 5.74) is 0.833. The molecule has 0 radical (unpaired) electrons. The van der Waals surface area contributed by atoms with E-state index in [1.807, 2.05) is 11.1 Å². The first kappa shape index (κ1) is 13.8. The first-order valence-electron chi connectivity index (χ1n) is 7.33. The van der Waals surface area contributed by atoms with Gasteiger partial charge in [0.1, 0.15) is 11.5 Å². The molecular weight excluding hydrogens is 270 g/mol. The Balaban J connectivity index is 1.92. The predicted molar refractivity (Wildman–Crippen MR) is 74.6 cm³/mol. The fourth-order valence-corrected chi connectivity index (χ4v) is 2.89. The molecule has 0 saturated carbocycles. The first-order valence-corrected chi connectivity index (χ1v) is 7.33. The van der Waals surface area contributed by atoms with Gasteiger partial charge in [0.05, 0.1) is 6.04 Å².